The van der Waals surface area contributed by atoms with Gasteiger partial charge in [-0.2, -0.15) is 0 Å². The topological polar surface area (TPSA) is 90.5 Å². The summed E-state index contributed by atoms with van der Waals surface area (Å²) in [6, 6.07) is 11.0. The lowest BCUT2D eigenvalue weighted by atomic mass is 9.99. The Labute approximate surface area is 197 Å². The van der Waals surface area contributed by atoms with Crippen LogP contribution in [0.5, 0.6) is 5.75 Å². The summed E-state index contributed by atoms with van der Waals surface area (Å²) in [7, 11) is 1.59. The predicted octanol–water partition coefficient (Wildman–Crippen LogP) is 4.21. The Hall–Kier alpha value is -3.94. The van der Waals surface area contributed by atoms with E-state index in [1.807, 2.05) is 58.0 Å². The number of benzene rings is 1. The summed E-state index contributed by atoms with van der Waals surface area (Å²) in [6.07, 6.45) is 1.68. The van der Waals surface area contributed by atoms with Crippen molar-refractivity contribution < 1.29 is 14.1 Å². The maximum Gasteiger partial charge on any atom is 0.264 e. The minimum absolute atomic E-state index is 0.127. The smallest absolute Gasteiger partial charge is 0.264 e. The number of ether oxygens (including phenoxy) is 1. The van der Waals surface area contributed by atoms with Crippen LogP contribution in [-0.2, 0) is 6.54 Å². The lowest BCUT2D eigenvalue weighted by Gasteiger charge is -2.20. The summed E-state index contributed by atoms with van der Waals surface area (Å²) in [4.78, 5) is 32.9. The maximum atomic E-state index is 13.6. The summed E-state index contributed by atoms with van der Waals surface area (Å²) in [5.74, 6) is 0.955. The molecule has 4 rings (SSSR count). The fourth-order valence-electron chi connectivity index (χ4n) is 4.28. The second-order valence-corrected chi connectivity index (χ2v) is 8.06. The number of carbonyl (C=O) groups is 1. The molecule has 176 valence electrons. The number of nitrogens with zero attached hydrogens (tertiary/aromatic N) is 4. The third-order valence-electron chi connectivity index (χ3n) is 6.05. The average Bonchev–Trinajstić information content (AvgIpc) is 3.18. The predicted molar refractivity (Wildman–Crippen MR) is 130 cm³/mol. The van der Waals surface area contributed by atoms with Gasteiger partial charge in [0.15, 0.2) is 0 Å². The van der Waals surface area contributed by atoms with E-state index in [9.17, 15) is 9.59 Å². The molecule has 3 heterocycles. The summed E-state index contributed by atoms with van der Waals surface area (Å²) >= 11 is 0. The van der Waals surface area contributed by atoms with Crippen LogP contribution in [0.25, 0.3) is 22.0 Å². The summed E-state index contributed by atoms with van der Waals surface area (Å²) in [6.45, 7) is 8.76. The molecule has 0 unspecified atom stereocenters. The standard InChI is InChI=1S/C26H28N4O4/c1-6-29(7-2)25(31)21-13-18-12-20(24-16(3)28-34-17(24)4)23(33-5)14-22(18)30(26(21)32)15-19-10-8-9-11-27-19/h8-14H,6-7,15H2,1-5H3. The highest BCUT2D eigenvalue weighted by Crippen LogP contribution is 2.37. The van der Waals surface area contributed by atoms with Crippen LogP contribution in [0.4, 0.5) is 0 Å². The van der Waals surface area contributed by atoms with E-state index < -0.39 is 0 Å². The number of aromatic nitrogens is 3. The maximum absolute atomic E-state index is 13.6. The molecule has 4 aromatic rings. The molecule has 0 atom stereocenters. The van der Waals surface area contributed by atoms with Gasteiger partial charge in [0.2, 0.25) is 0 Å². The molecular weight excluding hydrogens is 432 g/mol. The van der Waals surface area contributed by atoms with Gasteiger partial charge in [-0.25, -0.2) is 0 Å². The van der Waals surface area contributed by atoms with Crippen molar-refractivity contribution >= 4 is 16.8 Å². The third-order valence-corrected chi connectivity index (χ3v) is 6.05. The minimum atomic E-state index is -0.359. The molecule has 8 nitrogen and oxygen atoms in total. The van der Waals surface area contributed by atoms with E-state index in [2.05, 4.69) is 10.1 Å². The Kier molecular flexibility index (Phi) is 6.49. The van der Waals surface area contributed by atoms with Gasteiger partial charge in [0.05, 0.1) is 36.1 Å². The number of rotatable bonds is 7. The normalized spacial score (nSPS) is 11.1. The quantitative estimate of drug-likeness (QED) is 0.410. The molecule has 0 aliphatic carbocycles. The molecule has 0 radical (unpaired) electrons. The first-order valence-electron chi connectivity index (χ1n) is 11.3. The molecule has 34 heavy (non-hydrogen) atoms. The summed E-state index contributed by atoms with van der Waals surface area (Å²) in [5, 5.41) is 4.81. The summed E-state index contributed by atoms with van der Waals surface area (Å²) < 4.78 is 12.7. The highest BCUT2D eigenvalue weighted by Gasteiger charge is 2.23. The lowest BCUT2D eigenvalue weighted by Crippen LogP contribution is -2.36. The second-order valence-electron chi connectivity index (χ2n) is 8.06. The highest BCUT2D eigenvalue weighted by molar-refractivity contribution is 5.99. The van der Waals surface area contributed by atoms with Gasteiger partial charge < -0.3 is 18.7 Å². The first kappa shape index (κ1) is 23.2. The van der Waals surface area contributed by atoms with Crippen LogP contribution in [0.2, 0.25) is 0 Å². The fourth-order valence-corrected chi connectivity index (χ4v) is 4.28. The Morgan fingerprint density at radius 3 is 2.50 bits per heavy atom. The van der Waals surface area contributed by atoms with Gasteiger partial charge >= 0.3 is 0 Å². The largest absolute Gasteiger partial charge is 0.496 e. The van der Waals surface area contributed by atoms with Gasteiger partial charge in [0, 0.05) is 36.3 Å². The molecule has 0 bridgehead atoms. The van der Waals surface area contributed by atoms with E-state index in [0.29, 0.717) is 35.8 Å². The Morgan fingerprint density at radius 1 is 1.15 bits per heavy atom. The van der Waals surface area contributed by atoms with Crippen molar-refractivity contribution in [3.05, 3.63) is 75.7 Å². The van der Waals surface area contributed by atoms with Crippen molar-refractivity contribution in [2.45, 2.75) is 34.2 Å². The molecular formula is C26H28N4O4. The number of aryl methyl sites for hydroxylation is 2. The van der Waals surface area contributed by atoms with Gasteiger partial charge in [-0.15, -0.1) is 0 Å². The molecule has 8 heteroatoms. The Morgan fingerprint density at radius 2 is 1.91 bits per heavy atom. The molecule has 0 aliphatic heterocycles. The van der Waals surface area contributed by atoms with Crippen LogP contribution in [-0.4, -0.2) is 45.7 Å². The number of pyridine rings is 2. The second kappa shape index (κ2) is 9.51. The van der Waals surface area contributed by atoms with Crippen LogP contribution in [0, 0.1) is 13.8 Å². The molecule has 3 aromatic heterocycles. The van der Waals surface area contributed by atoms with E-state index in [-0.39, 0.29) is 23.6 Å². The minimum Gasteiger partial charge on any atom is -0.496 e. The van der Waals surface area contributed by atoms with Crippen molar-refractivity contribution in [3.63, 3.8) is 0 Å². The van der Waals surface area contributed by atoms with Crippen LogP contribution in [0.3, 0.4) is 0 Å². The van der Waals surface area contributed by atoms with Gasteiger partial charge in [-0.1, -0.05) is 11.2 Å². The van der Waals surface area contributed by atoms with Gasteiger partial charge in [0.25, 0.3) is 11.5 Å². The zero-order valence-electron chi connectivity index (χ0n) is 20.1. The van der Waals surface area contributed by atoms with Crippen molar-refractivity contribution in [1.82, 2.24) is 19.6 Å². The lowest BCUT2D eigenvalue weighted by molar-refractivity contribution is 0.0771. The number of hydrogen-bond donors (Lipinski definition) is 0. The van der Waals surface area contributed by atoms with Crippen molar-refractivity contribution in [1.29, 1.82) is 0 Å². The van der Waals surface area contributed by atoms with Crippen LogP contribution >= 0.6 is 0 Å². The SMILES string of the molecule is CCN(CC)C(=O)c1cc2cc(-c3c(C)noc3C)c(OC)cc2n(Cc2ccccn2)c1=O. The molecule has 0 fully saturated rings. The first-order chi connectivity index (χ1) is 16.4. The molecule has 0 N–H and O–H groups in total. The van der Waals surface area contributed by atoms with Crippen LogP contribution < -0.4 is 10.3 Å². The first-order valence-corrected chi connectivity index (χ1v) is 11.3. The van der Waals surface area contributed by atoms with E-state index in [1.54, 1.807) is 28.8 Å². The Bertz CT molecular complexity index is 1380. The van der Waals surface area contributed by atoms with Crippen LogP contribution in [0.15, 0.2) is 51.9 Å². The number of fused-ring (bicyclic) bond motifs is 1. The number of hydrogen-bond acceptors (Lipinski definition) is 6. The van der Waals surface area contributed by atoms with E-state index in [1.165, 1.54) is 0 Å². The van der Waals surface area contributed by atoms with E-state index >= 15 is 0 Å². The van der Waals surface area contributed by atoms with Crippen molar-refractivity contribution in [2.75, 3.05) is 20.2 Å². The molecule has 1 aromatic carbocycles. The van der Waals surface area contributed by atoms with Gasteiger partial charge in [-0.3, -0.25) is 14.6 Å². The third kappa shape index (κ3) is 4.07. The Balaban J connectivity index is 2.03. The molecule has 0 saturated heterocycles. The zero-order chi connectivity index (χ0) is 24.4. The van der Waals surface area contributed by atoms with Gasteiger partial charge in [0.1, 0.15) is 17.1 Å². The molecule has 0 saturated carbocycles. The van der Waals surface area contributed by atoms with Crippen molar-refractivity contribution in [3.8, 4) is 16.9 Å². The molecule has 1 amide bonds. The van der Waals surface area contributed by atoms with Crippen molar-refractivity contribution in [2.24, 2.45) is 0 Å². The molecule has 0 spiro atoms. The number of amides is 1. The van der Waals surface area contributed by atoms with Gasteiger partial charge in [-0.05, 0) is 52.0 Å². The van der Waals surface area contributed by atoms with E-state index in [4.69, 9.17) is 9.26 Å². The van der Waals surface area contributed by atoms with Crippen LogP contribution in [0.1, 0.15) is 41.4 Å². The average molecular weight is 461 g/mol. The highest BCUT2D eigenvalue weighted by atomic mass is 16.5. The zero-order valence-corrected chi connectivity index (χ0v) is 20.1. The number of carbonyl (C=O) groups excluding carboxylic acids is 1. The summed E-state index contributed by atoms with van der Waals surface area (Å²) in [5.41, 5.74) is 3.49. The monoisotopic (exact) mass is 460 g/mol. The molecule has 0 aliphatic rings. The van der Waals surface area contributed by atoms with E-state index in [0.717, 1.165) is 22.2 Å². The number of methoxy groups -OCH3 is 1. The fraction of sp³-hybridized carbons (Fsp3) is 0.308.